The van der Waals surface area contributed by atoms with Crippen molar-refractivity contribution in [3.63, 3.8) is 0 Å². The third kappa shape index (κ3) is 3.15. The Hall–Kier alpha value is -3.37. The fourth-order valence-corrected chi connectivity index (χ4v) is 4.41. The number of aryl methyl sites for hydroxylation is 2. The quantitative estimate of drug-likeness (QED) is 0.397. The van der Waals surface area contributed by atoms with Crippen molar-refractivity contribution in [2.45, 2.75) is 26.3 Å². The molecule has 0 bridgehead atoms. The standard InChI is InChI=1S/C26H20ClNO3/c1-3-16-8-10-17(11-9-16)23-22-24(29)20-13-15(2)7-12-21(20)31-25(22)26(30)28(23)19-6-4-5-18(27)14-19/h4-14,23H,3H2,1-2H3. The zero-order chi connectivity index (χ0) is 21.7. The van der Waals surface area contributed by atoms with Gasteiger partial charge in [0.15, 0.2) is 5.43 Å². The van der Waals surface area contributed by atoms with Crippen LogP contribution < -0.4 is 10.3 Å². The maximum Gasteiger partial charge on any atom is 0.295 e. The van der Waals surface area contributed by atoms with Gasteiger partial charge in [-0.15, -0.1) is 0 Å². The summed E-state index contributed by atoms with van der Waals surface area (Å²) in [5.41, 5.74) is 4.21. The van der Waals surface area contributed by atoms with Gasteiger partial charge in [-0.25, -0.2) is 0 Å². The van der Waals surface area contributed by atoms with Crippen LogP contribution >= 0.6 is 11.6 Å². The van der Waals surface area contributed by atoms with E-state index in [0.717, 1.165) is 17.5 Å². The van der Waals surface area contributed by atoms with Crippen LogP contribution in [0.4, 0.5) is 5.69 Å². The summed E-state index contributed by atoms with van der Waals surface area (Å²) in [4.78, 5) is 28.7. The van der Waals surface area contributed by atoms with Crippen molar-refractivity contribution in [3.8, 4) is 0 Å². The van der Waals surface area contributed by atoms with E-state index in [4.69, 9.17) is 16.0 Å². The zero-order valence-corrected chi connectivity index (χ0v) is 17.9. The first-order valence-electron chi connectivity index (χ1n) is 10.2. The number of benzene rings is 3. The molecule has 0 aliphatic carbocycles. The Morgan fingerprint density at radius 2 is 1.77 bits per heavy atom. The lowest BCUT2D eigenvalue weighted by atomic mass is 9.96. The smallest absolute Gasteiger partial charge is 0.295 e. The molecular formula is C26H20ClNO3. The molecule has 1 aliphatic rings. The van der Waals surface area contributed by atoms with Crippen LogP contribution in [0.5, 0.6) is 0 Å². The van der Waals surface area contributed by atoms with Gasteiger partial charge in [0.1, 0.15) is 5.58 Å². The van der Waals surface area contributed by atoms with E-state index < -0.39 is 6.04 Å². The Morgan fingerprint density at radius 1 is 1.00 bits per heavy atom. The summed E-state index contributed by atoms with van der Waals surface area (Å²) in [6.07, 6.45) is 0.907. The van der Waals surface area contributed by atoms with Gasteiger partial charge in [-0.3, -0.25) is 14.5 Å². The first-order valence-corrected chi connectivity index (χ1v) is 10.6. The van der Waals surface area contributed by atoms with Gasteiger partial charge < -0.3 is 4.42 Å². The third-order valence-corrected chi connectivity index (χ3v) is 6.05. The summed E-state index contributed by atoms with van der Waals surface area (Å²) in [7, 11) is 0. The molecule has 1 aliphatic heterocycles. The molecule has 1 unspecified atom stereocenters. The number of nitrogens with zero attached hydrogens (tertiary/aromatic N) is 1. The van der Waals surface area contributed by atoms with E-state index in [1.807, 2.05) is 49.4 Å². The van der Waals surface area contributed by atoms with E-state index >= 15 is 0 Å². The SMILES string of the molecule is CCc1ccc(C2c3c(oc4ccc(C)cc4c3=O)C(=O)N2c2cccc(Cl)c2)cc1. The van der Waals surface area contributed by atoms with Crippen molar-refractivity contribution in [2.75, 3.05) is 4.90 Å². The van der Waals surface area contributed by atoms with Crippen LogP contribution in [0.1, 0.15) is 45.8 Å². The molecule has 154 valence electrons. The Kier molecular flexibility index (Phi) is 4.67. The number of hydrogen-bond acceptors (Lipinski definition) is 3. The molecule has 2 heterocycles. The maximum absolute atomic E-state index is 13.6. The number of rotatable bonds is 3. The molecule has 0 radical (unpaired) electrons. The summed E-state index contributed by atoms with van der Waals surface area (Å²) < 4.78 is 6.01. The largest absolute Gasteiger partial charge is 0.450 e. The first kappa shape index (κ1) is 19.6. The molecule has 1 aromatic heterocycles. The molecule has 4 nitrogen and oxygen atoms in total. The highest BCUT2D eigenvalue weighted by Crippen LogP contribution is 2.41. The van der Waals surface area contributed by atoms with Crippen LogP contribution in [0.2, 0.25) is 5.02 Å². The lowest BCUT2D eigenvalue weighted by Gasteiger charge is -2.25. The molecular weight excluding hydrogens is 410 g/mol. The van der Waals surface area contributed by atoms with Gasteiger partial charge in [0, 0.05) is 10.7 Å². The van der Waals surface area contributed by atoms with Crippen LogP contribution in [-0.4, -0.2) is 5.91 Å². The number of anilines is 1. The fourth-order valence-electron chi connectivity index (χ4n) is 4.23. The van der Waals surface area contributed by atoms with Gasteiger partial charge in [0.2, 0.25) is 5.76 Å². The van der Waals surface area contributed by atoms with E-state index in [-0.39, 0.29) is 17.1 Å². The van der Waals surface area contributed by atoms with Crippen molar-refractivity contribution < 1.29 is 9.21 Å². The predicted molar refractivity (Wildman–Crippen MR) is 123 cm³/mol. The van der Waals surface area contributed by atoms with Crippen LogP contribution in [0.15, 0.2) is 75.9 Å². The lowest BCUT2D eigenvalue weighted by molar-refractivity contribution is 0.0971. The summed E-state index contributed by atoms with van der Waals surface area (Å²) in [6.45, 7) is 4.02. The third-order valence-electron chi connectivity index (χ3n) is 5.82. The predicted octanol–water partition coefficient (Wildman–Crippen LogP) is 6.07. The average molecular weight is 430 g/mol. The number of amides is 1. The van der Waals surface area contributed by atoms with E-state index in [1.54, 1.807) is 29.2 Å². The van der Waals surface area contributed by atoms with Gasteiger partial charge in [0.05, 0.1) is 17.0 Å². The fraction of sp³-hybridized carbons (Fsp3) is 0.154. The Labute approximate surface area is 184 Å². The van der Waals surface area contributed by atoms with Crippen molar-refractivity contribution in [1.82, 2.24) is 0 Å². The molecule has 0 N–H and O–H groups in total. The molecule has 0 fully saturated rings. The number of fused-ring (bicyclic) bond motifs is 2. The van der Waals surface area contributed by atoms with E-state index in [9.17, 15) is 9.59 Å². The zero-order valence-electron chi connectivity index (χ0n) is 17.2. The van der Waals surface area contributed by atoms with Crippen molar-refractivity contribution in [1.29, 1.82) is 0 Å². The molecule has 0 spiro atoms. The van der Waals surface area contributed by atoms with Crippen LogP contribution in [-0.2, 0) is 6.42 Å². The Balaban J connectivity index is 1.80. The van der Waals surface area contributed by atoms with Crippen LogP contribution in [0.3, 0.4) is 0 Å². The van der Waals surface area contributed by atoms with Crippen molar-refractivity contribution >= 4 is 34.2 Å². The van der Waals surface area contributed by atoms with Gasteiger partial charge in [-0.2, -0.15) is 0 Å². The minimum absolute atomic E-state index is 0.0888. The highest BCUT2D eigenvalue weighted by atomic mass is 35.5. The van der Waals surface area contributed by atoms with Gasteiger partial charge in [-0.1, -0.05) is 60.5 Å². The second kappa shape index (κ2) is 7.40. The van der Waals surface area contributed by atoms with Gasteiger partial charge in [-0.05, 0) is 54.8 Å². The highest BCUT2D eigenvalue weighted by molar-refractivity contribution is 6.31. The van der Waals surface area contributed by atoms with E-state index in [0.29, 0.717) is 27.2 Å². The van der Waals surface area contributed by atoms with Crippen molar-refractivity contribution in [3.05, 3.63) is 110 Å². The van der Waals surface area contributed by atoms with Gasteiger partial charge >= 0.3 is 0 Å². The summed E-state index contributed by atoms with van der Waals surface area (Å²) >= 11 is 6.23. The minimum Gasteiger partial charge on any atom is -0.450 e. The summed E-state index contributed by atoms with van der Waals surface area (Å²) in [5.74, 6) is -0.257. The number of carbonyl (C=O) groups excluding carboxylic acids is 1. The van der Waals surface area contributed by atoms with Gasteiger partial charge in [0.25, 0.3) is 5.91 Å². The number of halogens is 1. The lowest BCUT2D eigenvalue weighted by Crippen LogP contribution is -2.29. The number of carbonyl (C=O) groups is 1. The minimum atomic E-state index is -0.590. The number of hydrogen-bond donors (Lipinski definition) is 0. The average Bonchev–Trinajstić information content (AvgIpc) is 3.07. The maximum atomic E-state index is 13.6. The molecule has 0 saturated heterocycles. The van der Waals surface area contributed by atoms with Crippen molar-refractivity contribution in [2.24, 2.45) is 0 Å². The van der Waals surface area contributed by atoms with Crippen LogP contribution in [0, 0.1) is 6.92 Å². The topological polar surface area (TPSA) is 50.5 Å². The summed E-state index contributed by atoms with van der Waals surface area (Å²) in [6, 6.07) is 19.9. The molecule has 5 rings (SSSR count). The monoisotopic (exact) mass is 429 g/mol. The second-order valence-corrected chi connectivity index (χ2v) is 8.26. The first-order chi connectivity index (χ1) is 15.0. The molecule has 5 heteroatoms. The highest BCUT2D eigenvalue weighted by Gasteiger charge is 2.43. The molecule has 31 heavy (non-hydrogen) atoms. The van der Waals surface area contributed by atoms with Crippen LogP contribution in [0.25, 0.3) is 11.0 Å². The van der Waals surface area contributed by atoms with E-state index in [2.05, 4.69) is 6.92 Å². The molecule has 4 aromatic rings. The molecule has 0 saturated carbocycles. The Morgan fingerprint density at radius 3 is 2.48 bits per heavy atom. The molecule has 3 aromatic carbocycles. The molecule has 1 atom stereocenters. The molecule has 1 amide bonds. The second-order valence-electron chi connectivity index (χ2n) is 7.83. The normalized spacial score (nSPS) is 15.5. The van der Waals surface area contributed by atoms with E-state index in [1.165, 1.54) is 5.56 Å². The Bertz CT molecular complexity index is 1390. The summed E-state index contributed by atoms with van der Waals surface area (Å²) in [5, 5.41) is 0.996.